The lowest BCUT2D eigenvalue weighted by atomic mass is 10.2. The molecule has 0 saturated carbocycles. The normalized spacial score (nSPS) is 10.4. The fourth-order valence-electron chi connectivity index (χ4n) is 1.38. The summed E-state index contributed by atoms with van der Waals surface area (Å²) in [5.41, 5.74) is 2.72. The predicted molar refractivity (Wildman–Crippen MR) is 65.0 cm³/mol. The first-order valence-corrected chi connectivity index (χ1v) is 6.03. The molecule has 0 aliphatic carbocycles. The highest BCUT2D eigenvalue weighted by Crippen LogP contribution is 2.15. The van der Waals surface area contributed by atoms with Gasteiger partial charge in [-0.3, -0.25) is 9.89 Å². The van der Waals surface area contributed by atoms with Gasteiger partial charge in [-0.15, -0.1) is 0 Å². The molecule has 2 aromatic rings. The van der Waals surface area contributed by atoms with E-state index in [-0.39, 0.29) is 5.91 Å². The van der Waals surface area contributed by atoms with Crippen LogP contribution in [0.4, 0.5) is 5.82 Å². The number of aromatic amines is 1. The van der Waals surface area contributed by atoms with Crippen LogP contribution < -0.4 is 5.32 Å². The fraction of sp³-hybridized carbons (Fsp3) is 0.273. The summed E-state index contributed by atoms with van der Waals surface area (Å²) in [5.74, 6) is 0.473. The summed E-state index contributed by atoms with van der Waals surface area (Å²) >= 11 is 1.53. The second-order valence-electron chi connectivity index (χ2n) is 3.55. The maximum Gasteiger partial charge on any atom is 0.257 e. The number of hydrogen-bond acceptors (Lipinski definition) is 3. The molecule has 0 spiro atoms. The van der Waals surface area contributed by atoms with Crippen molar-refractivity contribution in [2.24, 2.45) is 0 Å². The van der Waals surface area contributed by atoms with Crippen LogP contribution in [0.15, 0.2) is 16.8 Å². The average Bonchev–Trinajstić information content (AvgIpc) is 2.86. The molecule has 4 nitrogen and oxygen atoms in total. The standard InChI is InChI=1S/C11H13N3OS/c1-3-8-4-10(14-13-8)12-11(15)9-6-16-5-7(9)2/h4-6H,3H2,1-2H3,(H2,12,13,14,15). The van der Waals surface area contributed by atoms with Crippen molar-refractivity contribution in [3.63, 3.8) is 0 Å². The Morgan fingerprint density at radius 3 is 2.94 bits per heavy atom. The number of aromatic nitrogens is 2. The molecule has 1 amide bonds. The Labute approximate surface area is 97.7 Å². The molecule has 84 valence electrons. The SMILES string of the molecule is CCc1cc(NC(=O)c2cscc2C)n[nH]1. The van der Waals surface area contributed by atoms with Crippen LogP contribution in [0.2, 0.25) is 0 Å². The minimum absolute atomic E-state index is 0.104. The Kier molecular flexibility index (Phi) is 3.05. The molecule has 2 N–H and O–H groups in total. The van der Waals surface area contributed by atoms with E-state index in [0.29, 0.717) is 11.4 Å². The van der Waals surface area contributed by atoms with E-state index in [9.17, 15) is 4.79 Å². The third-order valence-electron chi connectivity index (χ3n) is 2.35. The van der Waals surface area contributed by atoms with Gasteiger partial charge in [0.05, 0.1) is 5.56 Å². The zero-order valence-corrected chi connectivity index (χ0v) is 10.0. The van der Waals surface area contributed by atoms with Crippen molar-refractivity contribution in [2.75, 3.05) is 5.32 Å². The van der Waals surface area contributed by atoms with Crippen LogP contribution in [0.1, 0.15) is 28.5 Å². The van der Waals surface area contributed by atoms with Crippen molar-refractivity contribution in [2.45, 2.75) is 20.3 Å². The Morgan fingerprint density at radius 1 is 1.56 bits per heavy atom. The molecule has 0 aromatic carbocycles. The van der Waals surface area contributed by atoms with Crippen LogP contribution in [0.25, 0.3) is 0 Å². The number of carbonyl (C=O) groups is 1. The monoisotopic (exact) mass is 235 g/mol. The lowest BCUT2D eigenvalue weighted by Gasteiger charge is -1.99. The first kappa shape index (κ1) is 10.9. The summed E-state index contributed by atoms with van der Waals surface area (Å²) < 4.78 is 0. The molecule has 0 saturated heterocycles. The van der Waals surface area contributed by atoms with Gasteiger partial charge in [-0.2, -0.15) is 16.4 Å². The van der Waals surface area contributed by atoms with Gasteiger partial charge in [-0.1, -0.05) is 6.92 Å². The number of aryl methyl sites for hydroxylation is 2. The Balaban J connectivity index is 2.11. The topological polar surface area (TPSA) is 57.8 Å². The summed E-state index contributed by atoms with van der Waals surface area (Å²) in [4.78, 5) is 11.8. The zero-order valence-electron chi connectivity index (χ0n) is 9.20. The molecule has 0 atom stereocenters. The van der Waals surface area contributed by atoms with Gasteiger partial charge in [0, 0.05) is 17.1 Å². The largest absolute Gasteiger partial charge is 0.305 e. The molecule has 0 unspecified atom stereocenters. The van der Waals surface area contributed by atoms with E-state index in [4.69, 9.17) is 0 Å². The lowest BCUT2D eigenvalue weighted by Crippen LogP contribution is -2.12. The molecule has 2 rings (SSSR count). The van der Waals surface area contributed by atoms with Gasteiger partial charge in [-0.05, 0) is 24.3 Å². The molecular weight excluding hydrogens is 222 g/mol. The summed E-state index contributed by atoms with van der Waals surface area (Å²) in [6.45, 7) is 3.95. The summed E-state index contributed by atoms with van der Waals surface area (Å²) in [5, 5.41) is 13.4. The molecule has 0 bridgehead atoms. The Morgan fingerprint density at radius 2 is 2.38 bits per heavy atom. The minimum Gasteiger partial charge on any atom is -0.305 e. The van der Waals surface area contributed by atoms with E-state index in [0.717, 1.165) is 17.7 Å². The third-order valence-corrected chi connectivity index (χ3v) is 3.22. The second kappa shape index (κ2) is 4.49. The van der Waals surface area contributed by atoms with Gasteiger partial charge >= 0.3 is 0 Å². The van der Waals surface area contributed by atoms with Crippen molar-refractivity contribution in [3.8, 4) is 0 Å². The average molecular weight is 235 g/mol. The van der Waals surface area contributed by atoms with E-state index in [1.54, 1.807) is 0 Å². The van der Waals surface area contributed by atoms with Crippen LogP contribution in [-0.4, -0.2) is 16.1 Å². The Bertz CT molecular complexity index is 501. The van der Waals surface area contributed by atoms with Crippen LogP contribution in [0.5, 0.6) is 0 Å². The van der Waals surface area contributed by atoms with E-state index in [1.165, 1.54) is 11.3 Å². The molecule has 2 aromatic heterocycles. The smallest absolute Gasteiger partial charge is 0.257 e. The highest BCUT2D eigenvalue weighted by Gasteiger charge is 2.11. The van der Waals surface area contributed by atoms with E-state index in [2.05, 4.69) is 15.5 Å². The zero-order chi connectivity index (χ0) is 11.5. The molecule has 0 radical (unpaired) electrons. The lowest BCUT2D eigenvalue weighted by molar-refractivity contribution is 0.102. The fourth-order valence-corrected chi connectivity index (χ4v) is 2.21. The predicted octanol–water partition coefficient (Wildman–Crippen LogP) is 2.59. The number of anilines is 1. The van der Waals surface area contributed by atoms with Gasteiger partial charge < -0.3 is 5.32 Å². The summed E-state index contributed by atoms with van der Waals surface area (Å²) in [6.07, 6.45) is 0.875. The Hall–Kier alpha value is -1.62. The number of H-pyrrole nitrogens is 1. The summed E-state index contributed by atoms with van der Waals surface area (Å²) in [7, 11) is 0. The molecule has 0 fully saturated rings. The first-order valence-electron chi connectivity index (χ1n) is 5.09. The maximum absolute atomic E-state index is 11.8. The van der Waals surface area contributed by atoms with Crippen molar-refractivity contribution >= 4 is 23.1 Å². The number of amides is 1. The first-order chi connectivity index (χ1) is 7.70. The van der Waals surface area contributed by atoms with Gasteiger partial charge in [0.15, 0.2) is 5.82 Å². The summed E-state index contributed by atoms with van der Waals surface area (Å²) in [6, 6.07) is 1.85. The van der Waals surface area contributed by atoms with Gasteiger partial charge in [0.1, 0.15) is 0 Å². The van der Waals surface area contributed by atoms with Crippen molar-refractivity contribution in [1.29, 1.82) is 0 Å². The van der Waals surface area contributed by atoms with Crippen LogP contribution in [0, 0.1) is 6.92 Å². The number of nitrogens with one attached hydrogen (secondary N) is 2. The number of thiophene rings is 1. The van der Waals surface area contributed by atoms with Gasteiger partial charge in [0.25, 0.3) is 5.91 Å². The molecule has 2 heterocycles. The molecule has 0 aliphatic rings. The molecule has 16 heavy (non-hydrogen) atoms. The molecule has 5 heteroatoms. The van der Waals surface area contributed by atoms with Crippen molar-refractivity contribution in [1.82, 2.24) is 10.2 Å². The highest BCUT2D eigenvalue weighted by molar-refractivity contribution is 7.08. The van der Waals surface area contributed by atoms with Crippen molar-refractivity contribution in [3.05, 3.63) is 33.6 Å². The molecular formula is C11H13N3OS. The number of nitrogens with zero attached hydrogens (tertiary/aromatic N) is 1. The maximum atomic E-state index is 11.8. The third kappa shape index (κ3) is 2.14. The number of hydrogen-bond donors (Lipinski definition) is 2. The van der Waals surface area contributed by atoms with Crippen LogP contribution >= 0.6 is 11.3 Å². The second-order valence-corrected chi connectivity index (χ2v) is 4.30. The minimum atomic E-state index is -0.104. The quantitative estimate of drug-likeness (QED) is 0.859. The van der Waals surface area contributed by atoms with Gasteiger partial charge in [0.2, 0.25) is 0 Å². The van der Waals surface area contributed by atoms with E-state index >= 15 is 0 Å². The van der Waals surface area contributed by atoms with Gasteiger partial charge in [-0.25, -0.2) is 0 Å². The van der Waals surface area contributed by atoms with Crippen molar-refractivity contribution < 1.29 is 4.79 Å². The number of rotatable bonds is 3. The van der Waals surface area contributed by atoms with Crippen LogP contribution in [-0.2, 0) is 6.42 Å². The highest BCUT2D eigenvalue weighted by atomic mass is 32.1. The van der Waals surface area contributed by atoms with E-state index < -0.39 is 0 Å². The number of carbonyl (C=O) groups excluding carboxylic acids is 1. The van der Waals surface area contributed by atoms with E-state index in [1.807, 2.05) is 30.7 Å². The molecule has 0 aliphatic heterocycles. The van der Waals surface area contributed by atoms with Crippen LogP contribution in [0.3, 0.4) is 0 Å².